The van der Waals surface area contributed by atoms with Crippen LogP contribution in [0, 0.1) is 17.0 Å². The number of halogens is 1. The number of nitrogens with zero attached hydrogens (tertiary/aromatic N) is 2. The highest BCUT2D eigenvalue weighted by Gasteiger charge is 2.49. The van der Waals surface area contributed by atoms with Crippen molar-refractivity contribution in [2.24, 2.45) is 0 Å². The molecular formula is C19H17ClN4O5. The van der Waals surface area contributed by atoms with E-state index in [0.717, 1.165) is 4.90 Å². The Balaban J connectivity index is 1.77. The van der Waals surface area contributed by atoms with Crippen LogP contribution in [0.2, 0.25) is 5.02 Å². The molecule has 9 nitrogen and oxygen atoms in total. The molecule has 1 aliphatic heterocycles. The average molecular weight is 417 g/mol. The maximum atomic E-state index is 12.9. The van der Waals surface area contributed by atoms with Gasteiger partial charge in [0.25, 0.3) is 11.6 Å². The molecule has 0 bridgehead atoms. The van der Waals surface area contributed by atoms with Gasteiger partial charge in [-0.15, -0.1) is 0 Å². The van der Waals surface area contributed by atoms with E-state index in [2.05, 4.69) is 10.6 Å². The standard InChI is InChI=1S/C19H17ClN4O5/c1-11-14(20)4-3-5-15(11)21-16(25)10-23-17(26)19(2,22-18(23)27)12-6-8-13(9-7-12)24(28)29/h3-9H,10H2,1-2H3,(H,21,25)(H,22,27)/t19-/m1/s1. The van der Waals surface area contributed by atoms with Crippen LogP contribution in [0.4, 0.5) is 16.2 Å². The summed E-state index contributed by atoms with van der Waals surface area (Å²) in [7, 11) is 0. The zero-order valence-electron chi connectivity index (χ0n) is 15.6. The summed E-state index contributed by atoms with van der Waals surface area (Å²) in [6.45, 7) is 2.73. The van der Waals surface area contributed by atoms with Gasteiger partial charge in [0.05, 0.1) is 4.92 Å². The van der Waals surface area contributed by atoms with Crippen LogP contribution in [0.25, 0.3) is 0 Å². The van der Waals surface area contributed by atoms with Gasteiger partial charge in [-0.25, -0.2) is 4.79 Å². The van der Waals surface area contributed by atoms with Crippen molar-refractivity contribution in [3.8, 4) is 0 Å². The van der Waals surface area contributed by atoms with E-state index in [0.29, 0.717) is 21.8 Å². The normalized spacial score (nSPS) is 18.5. The molecule has 0 radical (unpaired) electrons. The fraction of sp³-hybridized carbons (Fsp3) is 0.211. The van der Waals surface area contributed by atoms with Crippen LogP contribution < -0.4 is 10.6 Å². The summed E-state index contributed by atoms with van der Waals surface area (Å²) in [6, 6.07) is 9.57. The zero-order chi connectivity index (χ0) is 21.3. The van der Waals surface area contributed by atoms with Crippen molar-refractivity contribution in [1.29, 1.82) is 0 Å². The molecule has 0 saturated carbocycles. The third-order valence-corrected chi connectivity index (χ3v) is 5.18. The number of nitro benzene ring substituents is 1. The Morgan fingerprint density at radius 2 is 1.90 bits per heavy atom. The molecular weight excluding hydrogens is 400 g/mol. The van der Waals surface area contributed by atoms with Gasteiger partial charge >= 0.3 is 6.03 Å². The predicted octanol–water partition coefficient (Wildman–Crippen LogP) is 2.96. The van der Waals surface area contributed by atoms with Gasteiger partial charge in [-0.3, -0.25) is 24.6 Å². The van der Waals surface area contributed by atoms with E-state index in [-0.39, 0.29) is 5.69 Å². The Morgan fingerprint density at radius 1 is 1.24 bits per heavy atom. The van der Waals surface area contributed by atoms with E-state index in [1.165, 1.54) is 31.2 Å². The lowest BCUT2D eigenvalue weighted by Gasteiger charge is -2.22. The quantitative estimate of drug-likeness (QED) is 0.441. The fourth-order valence-corrected chi connectivity index (χ4v) is 3.20. The molecule has 1 atom stereocenters. The molecule has 1 aliphatic rings. The first-order valence-electron chi connectivity index (χ1n) is 8.57. The van der Waals surface area contributed by atoms with Crippen LogP contribution in [-0.2, 0) is 15.1 Å². The Kier molecular flexibility index (Phi) is 5.25. The van der Waals surface area contributed by atoms with Crippen molar-refractivity contribution in [2.75, 3.05) is 11.9 Å². The zero-order valence-corrected chi connectivity index (χ0v) is 16.3. The Hall–Kier alpha value is -3.46. The number of imide groups is 1. The van der Waals surface area contributed by atoms with Crippen molar-refractivity contribution >= 4 is 40.8 Å². The number of hydrogen-bond donors (Lipinski definition) is 2. The van der Waals surface area contributed by atoms with E-state index in [9.17, 15) is 24.5 Å². The fourth-order valence-electron chi connectivity index (χ4n) is 3.03. The van der Waals surface area contributed by atoms with Gasteiger partial charge in [0.2, 0.25) is 5.91 Å². The van der Waals surface area contributed by atoms with E-state index in [4.69, 9.17) is 11.6 Å². The van der Waals surface area contributed by atoms with Crippen LogP contribution >= 0.6 is 11.6 Å². The van der Waals surface area contributed by atoms with Crippen LogP contribution in [0.15, 0.2) is 42.5 Å². The molecule has 1 fully saturated rings. The van der Waals surface area contributed by atoms with Crippen LogP contribution in [0.3, 0.4) is 0 Å². The molecule has 2 N–H and O–H groups in total. The minimum Gasteiger partial charge on any atom is -0.324 e. The molecule has 10 heteroatoms. The monoisotopic (exact) mass is 416 g/mol. The summed E-state index contributed by atoms with van der Waals surface area (Å²) < 4.78 is 0. The van der Waals surface area contributed by atoms with E-state index < -0.39 is 34.9 Å². The molecule has 0 unspecified atom stereocenters. The molecule has 2 aromatic rings. The van der Waals surface area contributed by atoms with E-state index in [1.807, 2.05) is 0 Å². The van der Waals surface area contributed by atoms with E-state index in [1.54, 1.807) is 25.1 Å². The maximum Gasteiger partial charge on any atom is 0.325 e. The highest BCUT2D eigenvalue weighted by atomic mass is 35.5. The first kappa shape index (κ1) is 20.3. The van der Waals surface area contributed by atoms with Gasteiger partial charge in [-0.05, 0) is 49.2 Å². The van der Waals surface area contributed by atoms with Crippen molar-refractivity contribution in [3.63, 3.8) is 0 Å². The van der Waals surface area contributed by atoms with Crippen LogP contribution in [0.5, 0.6) is 0 Å². The Morgan fingerprint density at radius 3 is 2.52 bits per heavy atom. The van der Waals surface area contributed by atoms with Crippen molar-refractivity contribution in [2.45, 2.75) is 19.4 Å². The summed E-state index contributed by atoms with van der Waals surface area (Å²) in [6.07, 6.45) is 0. The number of urea groups is 1. The third-order valence-electron chi connectivity index (χ3n) is 4.77. The molecule has 150 valence electrons. The highest BCUT2D eigenvalue weighted by molar-refractivity contribution is 6.31. The maximum absolute atomic E-state index is 12.9. The summed E-state index contributed by atoms with van der Waals surface area (Å²) in [5.41, 5.74) is -0.0567. The van der Waals surface area contributed by atoms with Crippen LogP contribution in [-0.4, -0.2) is 34.2 Å². The largest absolute Gasteiger partial charge is 0.325 e. The molecule has 0 aliphatic carbocycles. The minimum atomic E-state index is -1.43. The second kappa shape index (κ2) is 7.51. The first-order valence-corrected chi connectivity index (χ1v) is 8.95. The highest BCUT2D eigenvalue weighted by Crippen LogP contribution is 2.30. The molecule has 29 heavy (non-hydrogen) atoms. The minimum absolute atomic E-state index is 0.137. The number of nitro groups is 1. The number of rotatable bonds is 5. The molecule has 0 aromatic heterocycles. The molecule has 3 rings (SSSR count). The number of carbonyl (C=O) groups is 3. The predicted molar refractivity (Wildman–Crippen MR) is 106 cm³/mol. The van der Waals surface area contributed by atoms with Crippen LogP contribution in [0.1, 0.15) is 18.1 Å². The van der Waals surface area contributed by atoms with Gasteiger partial charge in [0.15, 0.2) is 0 Å². The molecule has 4 amide bonds. The number of carbonyl (C=O) groups excluding carboxylic acids is 3. The molecule has 1 heterocycles. The lowest BCUT2D eigenvalue weighted by atomic mass is 9.92. The van der Waals surface area contributed by atoms with Crippen molar-refractivity contribution in [3.05, 3.63) is 68.7 Å². The third kappa shape index (κ3) is 3.77. The number of nitrogens with one attached hydrogen (secondary N) is 2. The lowest BCUT2D eigenvalue weighted by molar-refractivity contribution is -0.384. The van der Waals surface area contributed by atoms with Gasteiger partial charge in [-0.1, -0.05) is 17.7 Å². The summed E-state index contributed by atoms with van der Waals surface area (Å²) in [5, 5.41) is 16.5. The van der Waals surface area contributed by atoms with Gasteiger partial charge in [0.1, 0.15) is 12.1 Å². The van der Waals surface area contributed by atoms with Crippen molar-refractivity contribution in [1.82, 2.24) is 10.2 Å². The van der Waals surface area contributed by atoms with Crippen molar-refractivity contribution < 1.29 is 19.3 Å². The summed E-state index contributed by atoms with van der Waals surface area (Å²) in [5.74, 6) is -1.19. The van der Waals surface area contributed by atoms with Gasteiger partial charge in [-0.2, -0.15) is 0 Å². The van der Waals surface area contributed by atoms with Gasteiger partial charge in [0, 0.05) is 22.8 Å². The Bertz CT molecular complexity index is 1020. The SMILES string of the molecule is Cc1c(Cl)cccc1NC(=O)CN1C(=O)N[C@](C)(c2ccc([N+](=O)[O-])cc2)C1=O. The number of amides is 4. The second-order valence-electron chi connectivity index (χ2n) is 6.71. The number of anilines is 1. The Labute approximate surface area is 170 Å². The topological polar surface area (TPSA) is 122 Å². The second-order valence-corrected chi connectivity index (χ2v) is 7.12. The lowest BCUT2D eigenvalue weighted by Crippen LogP contribution is -2.42. The number of benzene rings is 2. The average Bonchev–Trinajstić information content (AvgIpc) is 2.89. The molecule has 2 aromatic carbocycles. The summed E-state index contributed by atoms with van der Waals surface area (Å²) >= 11 is 6.03. The summed E-state index contributed by atoms with van der Waals surface area (Å²) in [4.78, 5) is 48.7. The first-order chi connectivity index (χ1) is 13.6. The molecule has 1 saturated heterocycles. The molecule has 0 spiro atoms. The van der Waals surface area contributed by atoms with E-state index >= 15 is 0 Å². The number of hydrogen-bond acceptors (Lipinski definition) is 5. The smallest absolute Gasteiger partial charge is 0.324 e. The number of non-ortho nitro benzene ring substituents is 1. The van der Waals surface area contributed by atoms with Gasteiger partial charge < -0.3 is 10.6 Å².